The minimum atomic E-state index is -3.24. The molecule has 0 aliphatic carbocycles. The Balaban J connectivity index is 0.00000288. The zero-order valence-electron chi connectivity index (χ0n) is 14.1. The first-order valence-corrected chi connectivity index (χ1v) is 9.60. The van der Waals surface area contributed by atoms with Gasteiger partial charge >= 0.3 is 0 Å². The SMILES string of the molecule is CCC(N)(CC)CNC(=O)c1cccc(N2CCCS2(=O)=O)c1.Cl. The smallest absolute Gasteiger partial charge is 0.251 e. The van der Waals surface area contributed by atoms with Gasteiger partial charge in [0.2, 0.25) is 10.0 Å². The lowest BCUT2D eigenvalue weighted by molar-refractivity contribution is 0.0942. The van der Waals surface area contributed by atoms with Crippen LogP contribution in [0.4, 0.5) is 5.69 Å². The number of anilines is 1. The van der Waals surface area contributed by atoms with Gasteiger partial charge in [-0.1, -0.05) is 19.9 Å². The van der Waals surface area contributed by atoms with Gasteiger partial charge in [0.25, 0.3) is 5.91 Å². The Hall–Kier alpha value is -1.31. The molecule has 0 atom stereocenters. The highest BCUT2D eigenvalue weighted by Crippen LogP contribution is 2.24. The largest absolute Gasteiger partial charge is 0.350 e. The molecule has 1 aromatic carbocycles. The van der Waals surface area contributed by atoms with E-state index >= 15 is 0 Å². The molecule has 24 heavy (non-hydrogen) atoms. The van der Waals surface area contributed by atoms with Crippen LogP contribution in [0.3, 0.4) is 0 Å². The average molecular weight is 376 g/mol. The Kier molecular flexibility index (Phi) is 7.07. The third-order valence-electron chi connectivity index (χ3n) is 4.50. The first-order valence-electron chi connectivity index (χ1n) is 7.99. The minimum Gasteiger partial charge on any atom is -0.350 e. The fourth-order valence-corrected chi connectivity index (χ4v) is 4.15. The summed E-state index contributed by atoms with van der Waals surface area (Å²) in [6, 6.07) is 6.71. The maximum atomic E-state index is 12.3. The number of halogens is 1. The molecule has 6 nitrogen and oxygen atoms in total. The Morgan fingerprint density at radius 1 is 1.33 bits per heavy atom. The number of benzene rings is 1. The molecule has 2 rings (SSSR count). The molecular weight excluding hydrogens is 350 g/mol. The third-order valence-corrected chi connectivity index (χ3v) is 6.37. The number of hydrogen-bond acceptors (Lipinski definition) is 4. The highest BCUT2D eigenvalue weighted by molar-refractivity contribution is 7.93. The van der Waals surface area contributed by atoms with Crippen molar-refractivity contribution >= 4 is 34.0 Å². The summed E-state index contributed by atoms with van der Waals surface area (Å²) in [5.74, 6) is -0.0771. The van der Waals surface area contributed by atoms with Crippen molar-refractivity contribution in [2.24, 2.45) is 5.73 Å². The van der Waals surface area contributed by atoms with Crippen molar-refractivity contribution in [2.75, 3.05) is 23.1 Å². The maximum Gasteiger partial charge on any atom is 0.251 e. The topological polar surface area (TPSA) is 92.5 Å². The Bertz CT molecular complexity index is 675. The Morgan fingerprint density at radius 3 is 2.54 bits per heavy atom. The van der Waals surface area contributed by atoms with E-state index in [1.165, 1.54) is 4.31 Å². The Morgan fingerprint density at radius 2 is 2.00 bits per heavy atom. The Labute approximate surface area is 150 Å². The van der Waals surface area contributed by atoms with Crippen LogP contribution < -0.4 is 15.4 Å². The van der Waals surface area contributed by atoms with Crippen molar-refractivity contribution in [1.29, 1.82) is 0 Å². The minimum absolute atomic E-state index is 0. The van der Waals surface area contributed by atoms with Gasteiger partial charge in [0, 0.05) is 24.2 Å². The standard InChI is InChI=1S/C16H25N3O3S.ClH/c1-3-16(17,4-2)12-18-15(20)13-7-5-8-14(11-13)19-9-6-10-23(19,21)22;/h5,7-8,11H,3-4,6,9-10,12,17H2,1-2H3,(H,18,20);1H. The molecule has 8 heteroatoms. The quantitative estimate of drug-likeness (QED) is 0.794. The molecule has 1 fully saturated rings. The second-order valence-corrected chi connectivity index (χ2v) is 8.06. The summed E-state index contributed by atoms with van der Waals surface area (Å²) in [6.07, 6.45) is 2.16. The van der Waals surface area contributed by atoms with Crippen LogP contribution >= 0.6 is 12.4 Å². The number of nitrogens with one attached hydrogen (secondary N) is 1. The zero-order valence-corrected chi connectivity index (χ0v) is 15.8. The van der Waals surface area contributed by atoms with Gasteiger partial charge in [0.05, 0.1) is 11.4 Å². The number of carbonyl (C=O) groups is 1. The van der Waals surface area contributed by atoms with Crippen molar-refractivity contribution in [3.8, 4) is 0 Å². The highest BCUT2D eigenvalue weighted by atomic mass is 35.5. The second-order valence-electron chi connectivity index (χ2n) is 6.04. The van der Waals surface area contributed by atoms with Gasteiger partial charge in [-0.25, -0.2) is 8.42 Å². The van der Waals surface area contributed by atoms with Crippen molar-refractivity contribution in [2.45, 2.75) is 38.6 Å². The summed E-state index contributed by atoms with van der Waals surface area (Å²) in [6.45, 7) is 4.85. The number of nitrogens with zero attached hydrogens (tertiary/aromatic N) is 1. The summed E-state index contributed by atoms with van der Waals surface area (Å²) in [5, 5.41) is 2.85. The molecular formula is C16H26ClN3O3S. The molecule has 3 N–H and O–H groups in total. The van der Waals surface area contributed by atoms with Crippen LogP contribution in [0.5, 0.6) is 0 Å². The normalized spacial score (nSPS) is 16.5. The summed E-state index contributed by atoms with van der Waals surface area (Å²) >= 11 is 0. The molecule has 1 aromatic rings. The van der Waals surface area contributed by atoms with E-state index in [2.05, 4.69) is 5.32 Å². The number of rotatable bonds is 6. The lowest BCUT2D eigenvalue weighted by Crippen LogP contribution is -2.49. The fourth-order valence-electron chi connectivity index (χ4n) is 2.59. The van der Waals surface area contributed by atoms with Crippen LogP contribution in [0.15, 0.2) is 24.3 Å². The van der Waals surface area contributed by atoms with Crippen LogP contribution in [0.2, 0.25) is 0 Å². The maximum absolute atomic E-state index is 12.3. The summed E-state index contributed by atoms with van der Waals surface area (Å²) in [4.78, 5) is 12.3. The van der Waals surface area contributed by atoms with Gasteiger partial charge in [-0.3, -0.25) is 9.10 Å². The van der Waals surface area contributed by atoms with Crippen LogP contribution in [-0.4, -0.2) is 38.7 Å². The number of carbonyl (C=O) groups excluding carboxylic acids is 1. The molecule has 0 aromatic heterocycles. The molecule has 1 saturated heterocycles. The van der Waals surface area contributed by atoms with Gasteiger partial charge < -0.3 is 11.1 Å². The second kappa shape index (κ2) is 8.18. The van der Waals surface area contributed by atoms with Crippen molar-refractivity contribution < 1.29 is 13.2 Å². The van der Waals surface area contributed by atoms with Gasteiger partial charge in [0.1, 0.15) is 0 Å². The molecule has 136 valence electrons. The predicted molar refractivity (Wildman–Crippen MR) is 99.3 cm³/mol. The van der Waals surface area contributed by atoms with E-state index < -0.39 is 15.6 Å². The fraction of sp³-hybridized carbons (Fsp3) is 0.562. The molecule has 0 bridgehead atoms. The van der Waals surface area contributed by atoms with Crippen molar-refractivity contribution in [3.05, 3.63) is 29.8 Å². The van der Waals surface area contributed by atoms with Gasteiger partial charge in [0.15, 0.2) is 0 Å². The number of sulfonamides is 1. The van der Waals surface area contributed by atoms with E-state index in [0.29, 0.717) is 30.8 Å². The molecule has 1 amide bonds. The van der Waals surface area contributed by atoms with E-state index in [0.717, 1.165) is 12.8 Å². The molecule has 0 radical (unpaired) electrons. The first kappa shape index (κ1) is 20.7. The van der Waals surface area contributed by atoms with Crippen LogP contribution in [0, 0.1) is 0 Å². The van der Waals surface area contributed by atoms with E-state index in [1.54, 1.807) is 24.3 Å². The lowest BCUT2D eigenvalue weighted by atomic mass is 9.94. The molecule has 0 unspecified atom stereocenters. The molecule has 0 saturated carbocycles. The number of hydrogen-bond donors (Lipinski definition) is 2. The summed E-state index contributed by atoms with van der Waals surface area (Å²) < 4.78 is 25.3. The summed E-state index contributed by atoms with van der Waals surface area (Å²) in [5.41, 5.74) is 6.76. The van der Waals surface area contributed by atoms with E-state index in [9.17, 15) is 13.2 Å². The number of amides is 1. The average Bonchev–Trinajstić information content (AvgIpc) is 2.91. The van der Waals surface area contributed by atoms with Crippen molar-refractivity contribution in [1.82, 2.24) is 5.32 Å². The van der Waals surface area contributed by atoms with Crippen LogP contribution in [-0.2, 0) is 10.0 Å². The number of nitrogens with two attached hydrogens (primary N) is 1. The summed E-state index contributed by atoms with van der Waals surface area (Å²) in [7, 11) is -3.24. The lowest BCUT2D eigenvalue weighted by Gasteiger charge is -2.26. The van der Waals surface area contributed by atoms with Gasteiger partial charge in [-0.2, -0.15) is 0 Å². The van der Waals surface area contributed by atoms with Crippen LogP contribution in [0.1, 0.15) is 43.5 Å². The van der Waals surface area contributed by atoms with E-state index in [1.807, 2.05) is 13.8 Å². The monoisotopic (exact) mass is 375 g/mol. The van der Waals surface area contributed by atoms with E-state index in [4.69, 9.17) is 5.73 Å². The predicted octanol–water partition coefficient (Wildman–Crippen LogP) is 1.90. The zero-order chi connectivity index (χ0) is 17.1. The van der Waals surface area contributed by atoms with Gasteiger partial charge in [-0.05, 0) is 37.5 Å². The molecule has 1 aliphatic heterocycles. The highest BCUT2D eigenvalue weighted by Gasteiger charge is 2.29. The molecule has 0 spiro atoms. The first-order chi connectivity index (χ1) is 10.8. The third kappa shape index (κ3) is 4.62. The van der Waals surface area contributed by atoms with Crippen molar-refractivity contribution in [3.63, 3.8) is 0 Å². The van der Waals surface area contributed by atoms with Crippen LogP contribution in [0.25, 0.3) is 0 Å². The molecule has 1 heterocycles. The molecule has 1 aliphatic rings. The van der Waals surface area contributed by atoms with E-state index in [-0.39, 0.29) is 24.1 Å². The van der Waals surface area contributed by atoms with Gasteiger partial charge in [-0.15, -0.1) is 12.4 Å².